The second-order valence-electron chi connectivity index (χ2n) is 6.11. The van der Waals surface area contributed by atoms with E-state index in [4.69, 9.17) is 5.73 Å². The van der Waals surface area contributed by atoms with Crippen LogP contribution in [0.25, 0.3) is 0 Å². The highest BCUT2D eigenvalue weighted by atomic mass is 19.1. The van der Waals surface area contributed by atoms with Crippen molar-refractivity contribution in [2.45, 2.75) is 0 Å². The average molecular weight is 410 g/mol. The number of amides is 2. The number of urea groups is 1. The van der Waals surface area contributed by atoms with E-state index in [9.17, 15) is 18.4 Å². The fourth-order valence-electron chi connectivity index (χ4n) is 2.75. The van der Waals surface area contributed by atoms with Gasteiger partial charge in [0.15, 0.2) is 17.3 Å². The molecule has 7 nitrogen and oxygen atoms in total. The minimum absolute atomic E-state index is 0.0569. The van der Waals surface area contributed by atoms with Crippen molar-refractivity contribution in [3.63, 3.8) is 0 Å². The van der Waals surface area contributed by atoms with Crippen LogP contribution >= 0.6 is 0 Å². The molecule has 0 aliphatic rings. The maximum atomic E-state index is 14.9. The van der Waals surface area contributed by atoms with Crippen LogP contribution in [-0.4, -0.2) is 28.9 Å². The van der Waals surface area contributed by atoms with E-state index in [1.807, 2.05) is 6.07 Å². The smallest absolute Gasteiger partial charge is 0.360 e. The van der Waals surface area contributed by atoms with Crippen molar-refractivity contribution in [1.82, 2.24) is 9.78 Å². The van der Waals surface area contributed by atoms with Gasteiger partial charge in [0.2, 0.25) is 0 Å². The zero-order valence-electron chi connectivity index (χ0n) is 16.0. The van der Waals surface area contributed by atoms with Gasteiger partial charge in [-0.1, -0.05) is 30.0 Å². The lowest BCUT2D eigenvalue weighted by Gasteiger charge is -2.21. The number of hydrogen-bond acceptors (Lipinski definition) is 4. The molecule has 2 N–H and O–H groups in total. The number of nitrogens with two attached hydrogens (primary N) is 1. The van der Waals surface area contributed by atoms with Crippen LogP contribution in [0.4, 0.5) is 25.0 Å². The van der Waals surface area contributed by atoms with Gasteiger partial charge in [-0.15, -0.1) is 0 Å². The molecule has 152 valence electrons. The summed E-state index contributed by atoms with van der Waals surface area (Å²) in [5, 5.41) is 3.88. The molecule has 0 bridgehead atoms. The first-order valence-corrected chi connectivity index (χ1v) is 8.59. The van der Waals surface area contributed by atoms with Crippen molar-refractivity contribution in [3.8, 4) is 11.8 Å². The number of esters is 1. The second-order valence-corrected chi connectivity index (χ2v) is 6.11. The van der Waals surface area contributed by atoms with Gasteiger partial charge < -0.3 is 10.5 Å². The molecule has 0 saturated carbocycles. The van der Waals surface area contributed by atoms with Crippen molar-refractivity contribution in [3.05, 3.63) is 77.1 Å². The number of primary amides is 1. The Morgan fingerprint density at radius 1 is 1.10 bits per heavy atom. The molecule has 30 heavy (non-hydrogen) atoms. The maximum Gasteiger partial charge on any atom is 0.360 e. The molecule has 0 saturated heterocycles. The Balaban J connectivity index is 2.09. The van der Waals surface area contributed by atoms with Crippen LogP contribution in [0.5, 0.6) is 0 Å². The first kappa shape index (κ1) is 20.5. The van der Waals surface area contributed by atoms with Gasteiger partial charge in [-0.05, 0) is 24.3 Å². The molecule has 0 radical (unpaired) electrons. The first-order valence-electron chi connectivity index (χ1n) is 8.59. The number of carbonyl (C=O) groups is 2. The number of anilines is 2. The number of aryl methyl sites for hydroxylation is 1. The molecule has 0 fully saturated rings. The third-order valence-corrected chi connectivity index (χ3v) is 4.01. The fourth-order valence-corrected chi connectivity index (χ4v) is 2.75. The number of carbonyl (C=O) groups excluding carboxylic acids is 2. The molecular weight excluding hydrogens is 394 g/mol. The van der Waals surface area contributed by atoms with Gasteiger partial charge in [-0.2, -0.15) is 5.10 Å². The minimum atomic E-state index is -1.21. The van der Waals surface area contributed by atoms with Crippen LogP contribution < -0.4 is 10.6 Å². The van der Waals surface area contributed by atoms with Crippen LogP contribution in [-0.2, 0) is 11.8 Å². The van der Waals surface area contributed by atoms with Gasteiger partial charge in [0.1, 0.15) is 11.4 Å². The van der Waals surface area contributed by atoms with Gasteiger partial charge in [-0.3, -0.25) is 9.58 Å². The summed E-state index contributed by atoms with van der Waals surface area (Å²) in [7, 11) is 2.57. The Kier molecular flexibility index (Phi) is 5.78. The monoisotopic (exact) mass is 410 g/mol. The molecular formula is C21H16F2N4O3. The zero-order chi connectivity index (χ0) is 21.8. The summed E-state index contributed by atoms with van der Waals surface area (Å²) in [4.78, 5) is 24.6. The topological polar surface area (TPSA) is 90.4 Å². The summed E-state index contributed by atoms with van der Waals surface area (Å²) in [6.45, 7) is 0. The lowest BCUT2D eigenvalue weighted by Crippen LogP contribution is -2.33. The number of rotatable bonds is 3. The van der Waals surface area contributed by atoms with Gasteiger partial charge in [-0.25, -0.2) is 18.4 Å². The van der Waals surface area contributed by atoms with E-state index in [-0.39, 0.29) is 16.9 Å². The van der Waals surface area contributed by atoms with E-state index in [0.29, 0.717) is 10.5 Å². The molecule has 0 spiro atoms. The third kappa shape index (κ3) is 4.12. The Bertz CT molecular complexity index is 1160. The summed E-state index contributed by atoms with van der Waals surface area (Å²) in [5.74, 6) is 2.37. The Hall–Kier alpha value is -4.19. The summed E-state index contributed by atoms with van der Waals surface area (Å²) >= 11 is 0. The van der Waals surface area contributed by atoms with Gasteiger partial charge in [0.05, 0.1) is 7.11 Å². The highest BCUT2D eigenvalue weighted by molar-refractivity contribution is 6.04. The molecule has 0 atom stereocenters. The SMILES string of the molecule is COC(=O)c1nn(C)cc1N(C(N)=O)c1c(F)cc(C#Cc2ccccc2)cc1F. The van der Waals surface area contributed by atoms with E-state index in [1.165, 1.54) is 17.9 Å². The van der Waals surface area contributed by atoms with E-state index >= 15 is 0 Å². The summed E-state index contributed by atoms with van der Waals surface area (Å²) in [5.41, 5.74) is 4.78. The molecule has 2 amide bonds. The highest BCUT2D eigenvalue weighted by Crippen LogP contribution is 2.33. The van der Waals surface area contributed by atoms with E-state index in [0.717, 1.165) is 19.2 Å². The average Bonchev–Trinajstić information content (AvgIpc) is 3.10. The van der Waals surface area contributed by atoms with Crippen molar-refractivity contribution in [1.29, 1.82) is 0 Å². The van der Waals surface area contributed by atoms with Crippen LogP contribution in [0.15, 0.2) is 48.7 Å². The summed E-state index contributed by atoms with van der Waals surface area (Å²) in [6, 6.07) is 9.61. The molecule has 1 heterocycles. The number of halogens is 2. The molecule has 3 aromatic rings. The Morgan fingerprint density at radius 2 is 1.70 bits per heavy atom. The number of nitrogens with zero attached hydrogens (tertiary/aromatic N) is 3. The van der Waals surface area contributed by atoms with E-state index < -0.39 is 29.3 Å². The maximum absolute atomic E-state index is 14.9. The molecule has 0 aliphatic carbocycles. The van der Waals surface area contributed by atoms with Crippen LogP contribution in [0.2, 0.25) is 0 Å². The number of hydrogen-bond donors (Lipinski definition) is 1. The van der Waals surface area contributed by atoms with E-state index in [2.05, 4.69) is 21.7 Å². The van der Waals surface area contributed by atoms with Crippen molar-refractivity contribution >= 4 is 23.4 Å². The Labute approximate surface area is 170 Å². The Morgan fingerprint density at radius 3 is 2.27 bits per heavy atom. The van der Waals surface area contributed by atoms with Crippen LogP contribution in [0, 0.1) is 23.5 Å². The molecule has 0 aliphatic heterocycles. The standard InChI is InChI=1S/C21H16F2N4O3/c1-26-12-17(18(25-26)20(28)30-2)27(21(24)29)19-15(22)10-14(11-16(19)23)9-8-13-6-4-3-5-7-13/h3-7,10-12H,1-2H3,(H2,24,29). The van der Waals surface area contributed by atoms with Crippen molar-refractivity contribution in [2.75, 3.05) is 12.0 Å². The first-order chi connectivity index (χ1) is 14.3. The summed E-state index contributed by atoms with van der Waals surface area (Å²) in [6.07, 6.45) is 1.22. The highest BCUT2D eigenvalue weighted by Gasteiger charge is 2.30. The van der Waals surface area contributed by atoms with Crippen molar-refractivity contribution < 1.29 is 23.1 Å². The summed E-state index contributed by atoms with van der Waals surface area (Å²) < 4.78 is 35.5. The molecule has 3 rings (SSSR count). The molecule has 2 aromatic carbocycles. The van der Waals surface area contributed by atoms with Crippen LogP contribution in [0.3, 0.4) is 0 Å². The largest absolute Gasteiger partial charge is 0.464 e. The molecule has 0 unspecified atom stereocenters. The number of ether oxygens (including phenoxy) is 1. The number of aromatic nitrogens is 2. The van der Waals surface area contributed by atoms with Gasteiger partial charge in [0.25, 0.3) is 0 Å². The quantitative estimate of drug-likeness (QED) is 0.531. The van der Waals surface area contributed by atoms with Gasteiger partial charge in [0, 0.05) is 24.4 Å². The number of benzene rings is 2. The second kappa shape index (κ2) is 8.45. The normalized spacial score (nSPS) is 10.1. The lowest BCUT2D eigenvalue weighted by atomic mass is 10.1. The number of methoxy groups -OCH3 is 1. The lowest BCUT2D eigenvalue weighted by molar-refractivity contribution is 0.0594. The predicted octanol–water partition coefficient (Wildman–Crippen LogP) is 3.10. The fraction of sp³-hybridized carbons (Fsp3) is 0.0952. The minimum Gasteiger partial charge on any atom is -0.464 e. The van der Waals surface area contributed by atoms with Crippen LogP contribution in [0.1, 0.15) is 21.6 Å². The molecule has 9 heteroatoms. The molecule has 1 aromatic heterocycles. The predicted molar refractivity (Wildman–Crippen MR) is 105 cm³/mol. The van der Waals surface area contributed by atoms with Crippen molar-refractivity contribution in [2.24, 2.45) is 12.8 Å². The zero-order valence-corrected chi connectivity index (χ0v) is 16.0. The van der Waals surface area contributed by atoms with E-state index in [1.54, 1.807) is 24.3 Å². The third-order valence-electron chi connectivity index (χ3n) is 4.01. The van der Waals surface area contributed by atoms with Gasteiger partial charge >= 0.3 is 12.0 Å².